The van der Waals surface area contributed by atoms with Crippen LogP contribution in [0, 0.1) is 0 Å². The highest BCUT2D eigenvalue weighted by Crippen LogP contribution is 2.18. The van der Waals surface area contributed by atoms with Crippen molar-refractivity contribution in [3.05, 3.63) is 59.8 Å². The molecule has 4 nitrogen and oxygen atoms in total. The highest BCUT2D eigenvalue weighted by molar-refractivity contribution is 5.94. The third-order valence-electron chi connectivity index (χ3n) is 5.12. The Morgan fingerprint density at radius 2 is 1.81 bits per heavy atom. The second kappa shape index (κ2) is 9.37. The number of hydrogen-bond acceptors (Lipinski definition) is 3. The number of amides is 1. The third kappa shape index (κ3) is 5.07. The van der Waals surface area contributed by atoms with Crippen LogP contribution in [0.4, 0.5) is 5.82 Å². The molecule has 1 fully saturated rings. The molecule has 1 aromatic carbocycles. The molecule has 138 valence electrons. The monoisotopic (exact) mass is 351 g/mol. The van der Waals surface area contributed by atoms with E-state index in [2.05, 4.69) is 46.4 Å². The van der Waals surface area contributed by atoms with E-state index in [1.807, 2.05) is 18.2 Å². The summed E-state index contributed by atoms with van der Waals surface area (Å²) in [6, 6.07) is 14.5. The number of nitrogens with one attached hydrogen (secondary N) is 1. The first-order valence-corrected chi connectivity index (χ1v) is 9.82. The molecule has 1 saturated carbocycles. The quantitative estimate of drug-likeness (QED) is 0.776. The first-order chi connectivity index (χ1) is 12.8. The number of rotatable bonds is 6. The van der Waals surface area contributed by atoms with Gasteiger partial charge in [-0.3, -0.25) is 4.79 Å². The first kappa shape index (κ1) is 18.4. The summed E-state index contributed by atoms with van der Waals surface area (Å²) < 4.78 is 0. The molecule has 0 bridgehead atoms. The van der Waals surface area contributed by atoms with E-state index in [1.165, 1.54) is 31.2 Å². The van der Waals surface area contributed by atoms with E-state index in [4.69, 9.17) is 0 Å². The summed E-state index contributed by atoms with van der Waals surface area (Å²) in [5.74, 6) is 0.907. The molecule has 2 aromatic rings. The average Bonchev–Trinajstić information content (AvgIpc) is 2.96. The van der Waals surface area contributed by atoms with Gasteiger partial charge in [-0.15, -0.1) is 0 Å². The van der Waals surface area contributed by atoms with E-state index < -0.39 is 0 Å². The summed E-state index contributed by atoms with van der Waals surface area (Å²) in [6.07, 6.45) is 8.90. The van der Waals surface area contributed by atoms with Gasteiger partial charge in [-0.25, -0.2) is 4.98 Å². The van der Waals surface area contributed by atoms with Crippen molar-refractivity contribution >= 4 is 11.7 Å². The second-order valence-electron chi connectivity index (χ2n) is 7.07. The molecule has 1 heterocycles. The summed E-state index contributed by atoms with van der Waals surface area (Å²) in [4.78, 5) is 19.3. The minimum atomic E-state index is 0.00191. The van der Waals surface area contributed by atoms with Crippen molar-refractivity contribution in [2.45, 2.75) is 58.0 Å². The SMILES string of the molecule is CCN(Cc1ccccc1)c1ccc(C(=O)NC2CCCCCC2)cn1. The van der Waals surface area contributed by atoms with E-state index in [0.717, 1.165) is 31.7 Å². The number of hydrogen-bond donors (Lipinski definition) is 1. The minimum Gasteiger partial charge on any atom is -0.353 e. The zero-order valence-corrected chi connectivity index (χ0v) is 15.7. The highest BCUT2D eigenvalue weighted by Gasteiger charge is 2.16. The lowest BCUT2D eigenvalue weighted by Gasteiger charge is -2.22. The molecular formula is C22H29N3O. The molecule has 1 N–H and O–H groups in total. The van der Waals surface area contributed by atoms with Gasteiger partial charge in [0, 0.05) is 25.3 Å². The number of carbonyl (C=O) groups excluding carboxylic acids is 1. The van der Waals surface area contributed by atoms with Gasteiger partial charge in [0.2, 0.25) is 0 Å². The number of anilines is 1. The molecular weight excluding hydrogens is 322 g/mol. The number of carbonyl (C=O) groups is 1. The Balaban J connectivity index is 1.62. The van der Waals surface area contributed by atoms with Crippen molar-refractivity contribution in [2.75, 3.05) is 11.4 Å². The fourth-order valence-electron chi connectivity index (χ4n) is 3.56. The minimum absolute atomic E-state index is 0.00191. The van der Waals surface area contributed by atoms with Crippen LogP contribution in [0.5, 0.6) is 0 Å². The Kier molecular flexibility index (Phi) is 6.64. The molecule has 0 aliphatic heterocycles. The maximum Gasteiger partial charge on any atom is 0.253 e. The smallest absolute Gasteiger partial charge is 0.253 e. The Bertz CT molecular complexity index is 676. The second-order valence-corrected chi connectivity index (χ2v) is 7.07. The largest absolute Gasteiger partial charge is 0.353 e. The molecule has 1 aliphatic carbocycles. The van der Waals surface area contributed by atoms with Crippen LogP contribution < -0.4 is 10.2 Å². The molecule has 0 atom stereocenters. The van der Waals surface area contributed by atoms with Crippen molar-refractivity contribution in [2.24, 2.45) is 0 Å². The topological polar surface area (TPSA) is 45.2 Å². The molecule has 0 spiro atoms. The zero-order valence-electron chi connectivity index (χ0n) is 15.7. The van der Waals surface area contributed by atoms with Crippen LogP contribution in [0.15, 0.2) is 48.7 Å². The van der Waals surface area contributed by atoms with E-state index in [1.54, 1.807) is 6.20 Å². The summed E-state index contributed by atoms with van der Waals surface area (Å²) in [6.45, 7) is 3.81. The Morgan fingerprint density at radius 1 is 1.08 bits per heavy atom. The van der Waals surface area contributed by atoms with Crippen molar-refractivity contribution in [3.8, 4) is 0 Å². The van der Waals surface area contributed by atoms with Gasteiger partial charge in [-0.1, -0.05) is 56.0 Å². The Hall–Kier alpha value is -2.36. The molecule has 1 aliphatic rings. The molecule has 1 aromatic heterocycles. The standard InChI is InChI=1S/C22H29N3O/c1-2-25(17-18-10-6-5-7-11-18)21-15-14-19(16-23-21)22(26)24-20-12-8-3-4-9-13-20/h5-7,10-11,14-16,20H,2-4,8-9,12-13,17H2,1H3,(H,24,26). The van der Waals surface area contributed by atoms with E-state index in [9.17, 15) is 4.79 Å². The number of pyridine rings is 1. The lowest BCUT2D eigenvalue weighted by Crippen LogP contribution is -2.34. The number of aromatic nitrogens is 1. The van der Waals surface area contributed by atoms with Gasteiger partial charge in [-0.05, 0) is 37.5 Å². The van der Waals surface area contributed by atoms with Gasteiger partial charge in [0.05, 0.1) is 5.56 Å². The van der Waals surface area contributed by atoms with Crippen molar-refractivity contribution in [1.29, 1.82) is 0 Å². The predicted molar refractivity (Wildman–Crippen MR) is 106 cm³/mol. The Labute approximate surface area is 156 Å². The van der Waals surface area contributed by atoms with Crippen LogP contribution in [0.2, 0.25) is 0 Å². The van der Waals surface area contributed by atoms with E-state index in [0.29, 0.717) is 11.6 Å². The third-order valence-corrected chi connectivity index (χ3v) is 5.12. The fraction of sp³-hybridized carbons (Fsp3) is 0.455. The van der Waals surface area contributed by atoms with Gasteiger partial charge in [0.15, 0.2) is 0 Å². The fourth-order valence-corrected chi connectivity index (χ4v) is 3.56. The van der Waals surface area contributed by atoms with Gasteiger partial charge < -0.3 is 10.2 Å². The van der Waals surface area contributed by atoms with Crippen molar-refractivity contribution < 1.29 is 4.79 Å². The van der Waals surface area contributed by atoms with Gasteiger partial charge in [-0.2, -0.15) is 0 Å². The lowest BCUT2D eigenvalue weighted by molar-refractivity contribution is 0.0933. The molecule has 0 unspecified atom stereocenters. The van der Waals surface area contributed by atoms with E-state index >= 15 is 0 Å². The first-order valence-electron chi connectivity index (χ1n) is 9.82. The van der Waals surface area contributed by atoms with Gasteiger partial charge in [0.25, 0.3) is 5.91 Å². The van der Waals surface area contributed by atoms with Gasteiger partial charge >= 0.3 is 0 Å². The Morgan fingerprint density at radius 3 is 2.42 bits per heavy atom. The molecule has 3 rings (SSSR count). The molecule has 4 heteroatoms. The number of benzene rings is 1. The lowest BCUT2D eigenvalue weighted by atomic mass is 10.1. The van der Waals surface area contributed by atoms with Gasteiger partial charge in [0.1, 0.15) is 5.82 Å². The molecule has 0 radical (unpaired) electrons. The van der Waals surface area contributed by atoms with Crippen LogP contribution in [-0.4, -0.2) is 23.5 Å². The van der Waals surface area contributed by atoms with Crippen LogP contribution in [-0.2, 0) is 6.54 Å². The summed E-state index contributed by atoms with van der Waals surface area (Å²) >= 11 is 0. The summed E-state index contributed by atoms with van der Waals surface area (Å²) in [5, 5.41) is 3.19. The maximum absolute atomic E-state index is 12.5. The van der Waals surface area contributed by atoms with Crippen molar-refractivity contribution in [1.82, 2.24) is 10.3 Å². The summed E-state index contributed by atoms with van der Waals surface area (Å²) in [5.41, 5.74) is 1.90. The maximum atomic E-state index is 12.5. The van der Waals surface area contributed by atoms with E-state index in [-0.39, 0.29) is 5.91 Å². The molecule has 1 amide bonds. The van der Waals surface area contributed by atoms with Crippen LogP contribution in [0.1, 0.15) is 61.4 Å². The normalized spacial score (nSPS) is 15.3. The van der Waals surface area contributed by atoms with Crippen LogP contribution in [0.3, 0.4) is 0 Å². The molecule has 0 saturated heterocycles. The zero-order chi connectivity index (χ0) is 18.2. The molecule has 26 heavy (non-hydrogen) atoms. The van der Waals surface area contributed by atoms with Crippen molar-refractivity contribution in [3.63, 3.8) is 0 Å². The van der Waals surface area contributed by atoms with Crippen LogP contribution in [0.25, 0.3) is 0 Å². The number of nitrogens with zero attached hydrogens (tertiary/aromatic N) is 2. The summed E-state index contributed by atoms with van der Waals surface area (Å²) in [7, 11) is 0. The predicted octanol–water partition coefficient (Wildman–Crippen LogP) is 4.56. The highest BCUT2D eigenvalue weighted by atomic mass is 16.1. The average molecular weight is 351 g/mol. The van der Waals surface area contributed by atoms with Crippen LogP contribution >= 0.6 is 0 Å².